The number of hydrogen-bond donors (Lipinski definition) is 0. The van der Waals surface area contributed by atoms with Crippen molar-refractivity contribution in [2.24, 2.45) is 7.05 Å². The van der Waals surface area contributed by atoms with Crippen LogP contribution in [0.3, 0.4) is 0 Å². The maximum absolute atomic E-state index is 13.4. The third-order valence-corrected chi connectivity index (χ3v) is 7.63. The normalized spacial score (nSPS) is 14.7. The minimum atomic E-state index is -3.54. The fourth-order valence-corrected chi connectivity index (χ4v) is 6.48. The van der Waals surface area contributed by atoms with Crippen LogP contribution >= 0.6 is 0 Å². The lowest BCUT2D eigenvalue weighted by atomic mass is 10.0. The smallest absolute Gasteiger partial charge is 0.209 e. The van der Waals surface area contributed by atoms with E-state index in [0.717, 1.165) is 43.7 Å². The maximum atomic E-state index is 13.4. The Labute approximate surface area is 156 Å². The molecule has 5 aromatic rings. The summed E-state index contributed by atoms with van der Waals surface area (Å²) in [5.74, 6) is 0. The molecule has 0 saturated heterocycles. The molecule has 4 aromatic carbocycles. The van der Waals surface area contributed by atoms with Crippen molar-refractivity contribution in [1.29, 1.82) is 0 Å². The van der Waals surface area contributed by atoms with Crippen LogP contribution in [0.2, 0.25) is 0 Å². The van der Waals surface area contributed by atoms with E-state index in [1.165, 1.54) is 0 Å². The van der Waals surface area contributed by atoms with Gasteiger partial charge in [-0.3, -0.25) is 0 Å². The highest BCUT2D eigenvalue weighted by Gasteiger charge is 2.36. The summed E-state index contributed by atoms with van der Waals surface area (Å²) in [6, 6.07) is 23.7. The van der Waals surface area contributed by atoms with Gasteiger partial charge in [-0.1, -0.05) is 60.7 Å². The first-order valence-corrected chi connectivity index (χ1v) is 10.3. The van der Waals surface area contributed by atoms with Crippen molar-refractivity contribution < 1.29 is 8.42 Å². The molecule has 3 nitrogen and oxygen atoms in total. The van der Waals surface area contributed by atoms with Gasteiger partial charge in [-0.05, 0) is 22.9 Å². The van der Waals surface area contributed by atoms with Crippen LogP contribution in [0.5, 0.6) is 0 Å². The molecule has 0 bridgehead atoms. The molecule has 0 N–H and O–H groups in total. The van der Waals surface area contributed by atoms with Crippen LogP contribution in [0.4, 0.5) is 0 Å². The molecular weight excluding hydrogens is 354 g/mol. The number of aromatic nitrogens is 1. The Bertz CT molecular complexity index is 1540. The molecule has 0 unspecified atom stereocenters. The van der Waals surface area contributed by atoms with Gasteiger partial charge in [-0.2, -0.15) is 0 Å². The van der Waals surface area contributed by atoms with Gasteiger partial charge in [-0.25, -0.2) is 8.42 Å². The molecule has 130 valence electrons. The Balaban J connectivity index is 1.90. The molecule has 0 amide bonds. The Kier molecular flexibility index (Phi) is 2.66. The Hall–Kier alpha value is -3.11. The number of hydrogen-bond acceptors (Lipinski definition) is 2. The molecular formula is C23H15NO2S. The molecule has 2 heterocycles. The van der Waals surface area contributed by atoms with E-state index in [0.29, 0.717) is 9.79 Å². The van der Waals surface area contributed by atoms with Crippen molar-refractivity contribution in [2.45, 2.75) is 9.79 Å². The SMILES string of the molecule is Cn1c2ccc3ccccc3c2c2ccc3c(c21)S(=O)(=O)c1ccccc1-3. The molecule has 27 heavy (non-hydrogen) atoms. The van der Waals surface area contributed by atoms with Crippen molar-refractivity contribution in [3.63, 3.8) is 0 Å². The lowest BCUT2D eigenvalue weighted by Crippen LogP contribution is -2.00. The van der Waals surface area contributed by atoms with Crippen molar-refractivity contribution in [3.05, 3.63) is 72.8 Å². The zero-order chi connectivity index (χ0) is 18.3. The third kappa shape index (κ3) is 1.69. The first kappa shape index (κ1) is 15.0. The van der Waals surface area contributed by atoms with Crippen LogP contribution in [0.1, 0.15) is 0 Å². The number of benzene rings is 4. The monoisotopic (exact) mass is 369 g/mol. The van der Waals surface area contributed by atoms with Crippen LogP contribution in [-0.4, -0.2) is 13.0 Å². The number of aryl methyl sites for hydroxylation is 1. The van der Waals surface area contributed by atoms with E-state index in [1.54, 1.807) is 12.1 Å². The van der Waals surface area contributed by atoms with Crippen LogP contribution in [-0.2, 0) is 16.9 Å². The number of sulfone groups is 1. The molecule has 0 spiro atoms. The second-order valence-electron chi connectivity index (χ2n) is 7.08. The lowest BCUT2D eigenvalue weighted by molar-refractivity contribution is 0.599. The van der Waals surface area contributed by atoms with Gasteiger partial charge in [0.1, 0.15) is 4.90 Å². The molecule has 0 aliphatic carbocycles. The molecule has 0 fully saturated rings. The Morgan fingerprint density at radius 2 is 1.52 bits per heavy atom. The average Bonchev–Trinajstić information content (AvgIpc) is 3.12. The summed E-state index contributed by atoms with van der Waals surface area (Å²) in [4.78, 5) is 0.839. The van der Waals surface area contributed by atoms with E-state index < -0.39 is 9.84 Å². The molecule has 0 saturated carbocycles. The van der Waals surface area contributed by atoms with Crippen molar-refractivity contribution in [2.75, 3.05) is 0 Å². The number of rotatable bonds is 0. The van der Waals surface area contributed by atoms with Crippen molar-refractivity contribution in [1.82, 2.24) is 4.57 Å². The van der Waals surface area contributed by atoms with Crippen LogP contribution in [0, 0.1) is 0 Å². The Morgan fingerprint density at radius 1 is 0.741 bits per heavy atom. The van der Waals surface area contributed by atoms with E-state index in [4.69, 9.17) is 0 Å². The van der Waals surface area contributed by atoms with Crippen LogP contribution < -0.4 is 0 Å². The van der Waals surface area contributed by atoms with E-state index in [2.05, 4.69) is 30.3 Å². The second-order valence-corrected chi connectivity index (χ2v) is 8.93. The molecule has 1 aromatic heterocycles. The van der Waals surface area contributed by atoms with Gasteiger partial charge in [0.05, 0.1) is 10.4 Å². The quantitative estimate of drug-likeness (QED) is 0.364. The van der Waals surface area contributed by atoms with Gasteiger partial charge in [0.2, 0.25) is 9.84 Å². The molecule has 1 aliphatic heterocycles. The lowest BCUT2D eigenvalue weighted by Gasteiger charge is -2.05. The zero-order valence-electron chi connectivity index (χ0n) is 14.6. The third-order valence-electron chi connectivity index (χ3n) is 5.74. The standard InChI is InChI=1S/C23H15NO2S/c1-24-19-13-10-14-6-2-3-7-15(14)21(19)18-12-11-17-16-8-4-5-9-20(16)27(25,26)23(17)22(18)24/h2-13H,1H3. The van der Waals surface area contributed by atoms with Crippen LogP contribution in [0.15, 0.2) is 82.6 Å². The van der Waals surface area contributed by atoms with E-state index in [1.807, 2.05) is 41.9 Å². The molecule has 6 rings (SSSR count). The first-order valence-electron chi connectivity index (χ1n) is 8.86. The number of fused-ring (bicyclic) bond motifs is 9. The Morgan fingerprint density at radius 3 is 2.41 bits per heavy atom. The highest BCUT2D eigenvalue weighted by atomic mass is 32.2. The van der Waals surface area contributed by atoms with E-state index in [9.17, 15) is 8.42 Å². The summed E-state index contributed by atoms with van der Waals surface area (Å²) < 4.78 is 28.8. The maximum Gasteiger partial charge on any atom is 0.209 e. The highest BCUT2D eigenvalue weighted by Crippen LogP contribution is 2.48. The molecule has 0 atom stereocenters. The first-order chi connectivity index (χ1) is 13.1. The summed E-state index contributed by atoms with van der Waals surface area (Å²) in [5.41, 5.74) is 3.43. The fraction of sp³-hybridized carbons (Fsp3) is 0.0435. The average molecular weight is 369 g/mol. The van der Waals surface area contributed by atoms with Gasteiger partial charge in [0.15, 0.2) is 0 Å². The summed E-state index contributed by atoms with van der Waals surface area (Å²) in [7, 11) is -1.58. The van der Waals surface area contributed by atoms with Crippen molar-refractivity contribution >= 4 is 42.4 Å². The summed E-state index contributed by atoms with van der Waals surface area (Å²) in [5, 5.41) is 4.40. The van der Waals surface area contributed by atoms with E-state index >= 15 is 0 Å². The molecule has 0 radical (unpaired) electrons. The van der Waals surface area contributed by atoms with Gasteiger partial charge in [-0.15, -0.1) is 0 Å². The topological polar surface area (TPSA) is 39.1 Å². The predicted octanol–water partition coefficient (Wildman–Crippen LogP) is 5.30. The summed E-state index contributed by atoms with van der Waals surface area (Å²) in [6.07, 6.45) is 0. The van der Waals surface area contributed by atoms with Crippen molar-refractivity contribution in [3.8, 4) is 11.1 Å². The minimum Gasteiger partial charge on any atom is -0.342 e. The number of nitrogens with zero attached hydrogens (tertiary/aromatic N) is 1. The summed E-state index contributed by atoms with van der Waals surface area (Å²) in [6.45, 7) is 0. The van der Waals surface area contributed by atoms with Gasteiger partial charge in [0.25, 0.3) is 0 Å². The van der Waals surface area contributed by atoms with Gasteiger partial charge in [0, 0.05) is 34.5 Å². The summed E-state index contributed by atoms with van der Waals surface area (Å²) >= 11 is 0. The predicted molar refractivity (Wildman–Crippen MR) is 109 cm³/mol. The zero-order valence-corrected chi connectivity index (χ0v) is 15.4. The van der Waals surface area contributed by atoms with E-state index in [-0.39, 0.29) is 0 Å². The largest absolute Gasteiger partial charge is 0.342 e. The highest BCUT2D eigenvalue weighted by molar-refractivity contribution is 7.92. The molecule has 1 aliphatic rings. The van der Waals surface area contributed by atoms with Crippen LogP contribution in [0.25, 0.3) is 43.7 Å². The second kappa shape index (κ2) is 4.78. The minimum absolute atomic E-state index is 0.405. The van der Waals surface area contributed by atoms with Gasteiger partial charge >= 0.3 is 0 Å². The van der Waals surface area contributed by atoms with Gasteiger partial charge < -0.3 is 4.57 Å². The molecule has 4 heteroatoms. The fourth-order valence-electron chi connectivity index (χ4n) is 4.57.